The first-order valence-corrected chi connectivity index (χ1v) is 7.93. The molecule has 0 aliphatic heterocycles. The predicted octanol–water partition coefficient (Wildman–Crippen LogP) is 1.16. The molecule has 104 valence electrons. The summed E-state index contributed by atoms with van der Waals surface area (Å²) in [6.07, 6.45) is 1.63. The molecule has 1 aliphatic rings. The Labute approximate surface area is 113 Å². The van der Waals surface area contributed by atoms with E-state index in [-0.39, 0.29) is 16.6 Å². The summed E-state index contributed by atoms with van der Waals surface area (Å²) in [7, 11) is -3.20. The fourth-order valence-electron chi connectivity index (χ4n) is 1.85. The van der Waals surface area contributed by atoms with Gasteiger partial charge in [0, 0.05) is 12.2 Å². The Kier molecular flexibility index (Phi) is 3.64. The van der Waals surface area contributed by atoms with Gasteiger partial charge in [0.15, 0.2) is 9.84 Å². The summed E-state index contributed by atoms with van der Waals surface area (Å²) in [6.45, 7) is 1.95. The third kappa shape index (κ3) is 2.79. The maximum absolute atomic E-state index is 12.0. The molecule has 1 aromatic rings. The normalized spacial score (nSPS) is 16.9. The van der Waals surface area contributed by atoms with Crippen LogP contribution in [-0.2, 0) is 14.6 Å². The Bertz CT molecular complexity index is 574. The topological polar surface area (TPSA) is 89.3 Å². The molecule has 0 heterocycles. The van der Waals surface area contributed by atoms with E-state index in [2.05, 4.69) is 5.32 Å². The van der Waals surface area contributed by atoms with E-state index in [1.807, 2.05) is 0 Å². The largest absolute Gasteiger partial charge is 0.329 e. The molecule has 5 nitrogen and oxygen atoms in total. The first kappa shape index (κ1) is 14.0. The Morgan fingerprint density at radius 3 is 2.32 bits per heavy atom. The quantitative estimate of drug-likeness (QED) is 0.848. The van der Waals surface area contributed by atoms with Crippen molar-refractivity contribution >= 4 is 21.4 Å². The highest BCUT2D eigenvalue weighted by molar-refractivity contribution is 7.91. The Morgan fingerprint density at radius 1 is 1.32 bits per heavy atom. The molecular formula is C13H18N2O3S. The first-order valence-electron chi connectivity index (χ1n) is 6.28. The summed E-state index contributed by atoms with van der Waals surface area (Å²) in [4.78, 5) is 12.2. The molecule has 19 heavy (non-hydrogen) atoms. The molecular weight excluding hydrogens is 264 g/mol. The van der Waals surface area contributed by atoms with Crippen LogP contribution < -0.4 is 11.1 Å². The van der Waals surface area contributed by atoms with E-state index in [0.717, 1.165) is 12.8 Å². The smallest absolute Gasteiger partial charge is 0.231 e. The van der Waals surface area contributed by atoms with E-state index in [0.29, 0.717) is 12.2 Å². The minimum Gasteiger partial charge on any atom is -0.329 e. The van der Waals surface area contributed by atoms with Crippen LogP contribution >= 0.6 is 0 Å². The van der Waals surface area contributed by atoms with Crippen LogP contribution in [0.5, 0.6) is 0 Å². The van der Waals surface area contributed by atoms with Crippen molar-refractivity contribution in [3.05, 3.63) is 24.3 Å². The third-order valence-electron chi connectivity index (χ3n) is 3.58. The molecule has 0 bridgehead atoms. The number of amides is 1. The van der Waals surface area contributed by atoms with Gasteiger partial charge in [-0.15, -0.1) is 0 Å². The van der Waals surface area contributed by atoms with Crippen LogP contribution in [0.1, 0.15) is 19.8 Å². The van der Waals surface area contributed by atoms with Gasteiger partial charge in [-0.3, -0.25) is 4.79 Å². The van der Waals surface area contributed by atoms with E-state index >= 15 is 0 Å². The second-order valence-electron chi connectivity index (χ2n) is 4.87. The van der Waals surface area contributed by atoms with Crippen molar-refractivity contribution in [3.8, 4) is 0 Å². The second-order valence-corrected chi connectivity index (χ2v) is 7.14. The number of rotatable bonds is 5. The molecule has 0 saturated heterocycles. The van der Waals surface area contributed by atoms with Gasteiger partial charge in [0.25, 0.3) is 0 Å². The number of carbonyl (C=O) groups excluding carboxylic acids is 1. The maximum atomic E-state index is 12.0. The predicted molar refractivity (Wildman–Crippen MR) is 73.5 cm³/mol. The van der Waals surface area contributed by atoms with Crippen LogP contribution in [0.4, 0.5) is 5.69 Å². The zero-order chi connectivity index (χ0) is 14.1. The highest BCUT2D eigenvalue weighted by Crippen LogP contribution is 2.45. The van der Waals surface area contributed by atoms with Gasteiger partial charge in [0.1, 0.15) is 0 Å². The maximum Gasteiger partial charge on any atom is 0.231 e. The van der Waals surface area contributed by atoms with E-state index < -0.39 is 15.3 Å². The van der Waals surface area contributed by atoms with E-state index in [1.54, 1.807) is 19.1 Å². The van der Waals surface area contributed by atoms with Gasteiger partial charge in [-0.2, -0.15) is 0 Å². The van der Waals surface area contributed by atoms with Crippen molar-refractivity contribution in [2.24, 2.45) is 11.1 Å². The van der Waals surface area contributed by atoms with Gasteiger partial charge in [0.2, 0.25) is 5.91 Å². The zero-order valence-electron chi connectivity index (χ0n) is 10.8. The summed E-state index contributed by atoms with van der Waals surface area (Å²) in [5.41, 5.74) is 5.77. The van der Waals surface area contributed by atoms with Crippen molar-refractivity contribution in [2.75, 3.05) is 17.6 Å². The van der Waals surface area contributed by atoms with E-state index in [9.17, 15) is 13.2 Å². The monoisotopic (exact) mass is 282 g/mol. The SMILES string of the molecule is CCS(=O)(=O)c1ccc(NC(=O)C2(CN)CC2)cc1. The van der Waals surface area contributed by atoms with Crippen molar-refractivity contribution in [1.82, 2.24) is 0 Å². The molecule has 1 saturated carbocycles. The highest BCUT2D eigenvalue weighted by Gasteiger charge is 2.48. The number of anilines is 1. The van der Waals surface area contributed by atoms with Gasteiger partial charge < -0.3 is 11.1 Å². The second kappa shape index (κ2) is 4.94. The number of hydrogen-bond acceptors (Lipinski definition) is 4. The lowest BCUT2D eigenvalue weighted by atomic mass is 10.1. The van der Waals surface area contributed by atoms with Crippen LogP contribution in [0.15, 0.2) is 29.2 Å². The van der Waals surface area contributed by atoms with Gasteiger partial charge >= 0.3 is 0 Å². The van der Waals surface area contributed by atoms with Crippen molar-refractivity contribution in [1.29, 1.82) is 0 Å². The molecule has 0 radical (unpaired) electrons. The number of sulfone groups is 1. The van der Waals surface area contributed by atoms with Crippen LogP contribution in [0.3, 0.4) is 0 Å². The average Bonchev–Trinajstić information content (AvgIpc) is 3.20. The highest BCUT2D eigenvalue weighted by atomic mass is 32.2. The lowest BCUT2D eigenvalue weighted by molar-refractivity contribution is -0.120. The minimum atomic E-state index is -3.20. The molecule has 1 aromatic carbocycles. The minimum absolute atomic E-state index is 0.0645. The summed E-state index contributed by atoms with van der Waals surface area (Å²) in [5, 5.41) is 2.78. The fourth-order valence-corrected chi connectivity index (χ4v) is 2.73. The Morgan fingerprint density at radius 2 is 1.89 bits per heavy atom. The van der Waals surface area contributed by atoms with Gasteiger partial charge in [-0.05, 0) is 37.1 Å². The molecule has 6 heteroatoms. The molecule has 1 amide bonds. The van der Waals surface area contributed by atoms with Gasteiger partial charge in [0.05, 0.1) is 16.1 Å². The molecule has 3 N–H and O–H groups in total. The molecule has 1 aliphatic carbocycles. The molecule has 0 atom stereocenters. The van der Waals surface area contributed by atoms with E-state index in [4.69, 9.17) is 5.73 Å². The van der Waals surface area contributed by atoms with Crippen LogP contribution in [0.25, 0.3) is 0 Å². The zero-order valence-corrected chi connectivity index (χ0v) is 11.7. The molecule has 2 rings (SSSR count). The molecule has 0 unspecified atom stereocenters. The van der Waals surface area contributed by atoms with Crippen molar-refractivity contribution in [3.63, 3.8) is 0 Å². The Balaban J connectivity index is 2.10. The average molecular weight is 282 g/mol. The number of nitrogens with one attached hydrogen (secondary N) is 1. The first-order chi connectivity index (χ1) is 8.93. The third-order valence-corrected chi connectivity index (χ3v) is 5.33. The van der Waals surface area contributed by atoms with Gasteiger partial charge in [-0.1, -0.05) is 6.92 Å². The van der Waals surface area contributed by atoms with Crippen LogP contribution in [-0.4, -0.2) is 26.6 Å². The lowest BCUT2D eigenvalue weighted by Gasteiger charge is -2.13. The Hall–Kier alpha value is -1.40. The van der Waals surface area contributed by atoms with Gasteiger partial charge in [-0.25, -0.2) is 8.42 Å². The van der Waals surface area contributed by atoms with E-state index in [1.165, 1.54) is 12.1 Å². The fraction of sp³-hybridized carbons (Fsp3) is 0.462. The van der Waals surface area contributed by atoms with Crippen molar-refractivity contribution < 1.29 is 13.2 Å². The molecule has 0 spiro atoms. The summed E-state index contributed by atoms with van der Waals surface area (Å²) < 4.78 is 23.3. The van der Waals surface area contributed by atoms with Crippen molar-refractivity contribution in [2.45, 2.75) is 24.7 Å². The van der Waals surface area contributed by atoms with Crippen LogP contribution in [0.2, 0.25) is 0 Å². The molecule has 1 fully saturated rings. The lowest BCUT2D eigenvalue weighted by Crippen LogP contribution is -2.30. The summed E-state index contributed by atoms with van der Waals surface area (Å²) in [5.74, 6) is -0.0178. The number of hydrogen-bond donors (Lipinski definition) is 2. The number of nitrogens with two attached hydrogens (primary N) is 1. The number of carbonyl (C=O) groups is 1. The number of benzene rings is 1. The standard InChI is InChI=1S/C13H18N2O3S/c1-2-19(17,18)11-5-3-10(4-6-11)15-12(16)13(9-14)7-8-13/h3-6H,2,7-9,14H2,1H3,(H,15,16). The molecule has 0 aromatic heterocycles. The van der Waals surface area contributed by atoms with Crippen LogP contribution in [0, 0.1) is 5.41 Å². The summed E-state index contributed by atoms with van der Waals surface area (Å²) >= 11 is 0. The summed E-state index contributed by atoms with van der Waals surface area (Å²) in [6, 6.07) is 6.23.